The summed E-state index contributed by atoms with van der Waals surface area (Å²) < 4.78 is 9.84. The second-order valence-electron chi connectivity index (χ2n) is 7.63. The van der Waals surface area contributed by atoms with E-state index in [-0.39, 0.29) is 5.56 Å². The SMILES string of the molecule is CCCCCCCCOC(=O)c1c(CCCCCCCC)cccc1C(=O)OCl. The van der Waals surface area contributed by atoms with Crippen LogP contribution in [0.4, 0.5) is 0 Å². The first-order chi connectivity index (χ1) is 14.2. The summed E-state index contributed by atoms with van der Waals surface area (Å²) in [5.74, 6) is -1.18. The predicted molar refractivity (Wildman–Crippen MR) is 118 cm³/mol. The third kappa shape index (κ3) is 10.2. The van der Waals surface area contributed by atoms with Gasteiger partial charge in [0.25, 0.3) is 0 Å². The van der Waals surface area contributed by atoms with E-state index in [4.69, 9.17) is 16.6 Å². The number of carbonyl (C=O) groups is 2. The first-order valence-electron chi connectivity index (χ1n) is 11.3. The van der Waals surface area contributed by atoms with Crippen molar-refractivity contribution in [1.82, 2.24) is 0 Å². The maximum absolute atomic E-state index is 12.7. The first kappa shape index (κ1) is 25.5. The molecule has 29 heavy (non-hydrogen) atoms. The molecule has 0 N–H and O–H groups in total. The third-order valence-corrected chi connectivity index (χ3v) is 5.32. The summed E-state index contributed by atoms with van der Waals surface area (Å²) in [6.07, 6.45) is 14.4. The van der Waals surface area contributed by atoms with Gasteiger partial charge in [-0.25, -0.2) is 9.59 Å². The lowest BCUT2D eigenvalue weighted by atomic mass is 9.96. The number of halogens is 1. The van der Waals surface area contributed by atoms with Gasteiger partial charge in [-0.3, -0.25) is 0 Å². The highest BCUT2D eigenvalue weighted by Crippen LogP contribution is 2.21. The number of hydrogen-bond acceptors (Lipinski definition) is 4. The van der Waals surface area contributed by atoms with Crippen LogP contribution >= 0.6 is 11.9 Å². The zero-order valence-corrected chi connectivity index (χ0v) is 18.9. The Kier molecular flexibility index (Phi) is 14.3. The van der Waals surface area contributed by atoms with Crippen LogP contribution in [0.15, 0.2) is 18.2 Å². The number of rotatable bonds is 16. The predicted octanol–water partition coefficient (Wildman–Crippen LogP) is 7.42. The van der Waals surface area contributed by atoms with Crippen molar-refractivity contribution in [3.8, 4) is 0 Å². The van der Waals surface area contributed by atoms with Crippen molar-refractivity contribution in [3.63, 3.8) is 0 Å². The maximum atomic E-state index is 12.7. The lowest BCUT2D eigenvalue weighted by molar-refractivity contribution is 0.0488. The number of unbranched alkanes of at least 4 members (excludes halogenated alkanes) is 10. The fourth-order valence-corrected chi connectivity index (χ4v) is 3.56. The molecule has 0 aliphatic carbocycles. The Labute approximate surface area is 181 Å². The lowest BCUT2D eigenvalue weighted by Crippen LogP contribution is -2.16. The minimum Gasteiger partial charge on any atom is -0.462 e. The highest BCUT2D eigenvalue weighted by atomic mass is 35.5. The molecule has 0 saturated carbocycles. The van der Waals surface area contributed by atoms with Crippen LogP contribution in [-0.2, 0) is 15.4 Å². The molecule has 0 unspecified atom stereocenters. The summed E-state index contributed by atoms with van der Waals surface area (Å²) in [7, 11) is 0. The standard InChI is InChI=1S/C24H37ClO4/c1-3-5-7-9-11-13-16-20-17-15-18-21(23(26)29-25)22(20)24(27)28-19-14-12-10-8-6-4-2/h15,17-18H,3-14,16,19H2,1-2H3. The highest BCUT2D eigenvalue weighted by Gasteiger charge is 2.23. The Bertz CT molecular complexity index is 601. The molecule has 0 radical (unpaired) electrons. The van der Waals surface area contributed by atoms with Crippen LogP contribution < -0.4 is 0 Å². The van der Waals surface area contributed by atoms with Gasteiger partial charge in [-0.05, 0) is 30.9 Å². The van der Waals surface area contributed by atoms with Gasteiger partial charge in [0.2, 0.25) is 0 Å². The zero-order valence-electron chi connectivity index (χ0n) is 18.1. The van der Waals surface area contributed by atoms with E-state index in [0.29, 0.717) is 12.2 Å². The largest absolute Gasteiger partial charge is 0.462 e. The van der Waals surface area contributed by atoms with Crippen molar-refractivity contribution < 1.29 is 18.6 Å². The summed E-state index contributed by atoms with van der Waals surface area (Å²) >= 11 is 5.28. The topological polar surface area (TPSA) is 52.6 Å². The molecule has 1 aromatic rings. The molecule has 0 saturated heterocycles. The summed E-state index contributed by atoms with van der Waals surface area (Å²) in [6, 6.07) is 5.22. The summed E-state index contributed by atoms with van der Waals surface area (Å²) in [5.41, 5.74) is 1.31. The summed E-state index contributed by atoms with van der Waals surface area (Å²) in [4.78, 5) is 24.8. The summed E-state index contributed by atoms with van der Waals surface area (Å²) in [5, 5.41) is 0. The van der Waals surface area contributed by atoms with Crippen molar-refractivity contribution in [2.45, 2.75) is 97.3 Å². The number of esters is 1. The van der Waals surface area contributed by atoms with Crippen LogP contribution in [0.1, 0.15) is 117 Å². The van der Waals surface area contributed by atoms with Crippen molar-refractivity contribution in [1.29, 1.82) is 0 Å². The number of ether oxygens (including phenoxy) is 1. The van der Waals surface area contributed by atoms with E-state index >= 15 is 0 Å². The molecule has 1 rings (SSSR count). The van der Waals surface area contributed by atoms with E-state index in [0.717, 1.165) is 44.1 Å². The summed E-state index contributed by atoms with van der Waals surface area (Å²) in [6.45, 7) is 4.75. The average Bonchev–Trinajstić information content (AvgIpc) is 2.74. The highest BCUT2D eigenvalue weighted by molar-refractivity contribution is 6.17. The van der Waals surface area contributed by atoms with Gasteiger partial charge >= 0.3 is 11.9 Å². The Balaban J connectivity index is 2.67. The molecule has 0 aliphatic rings. The van der Waals surface area contributed by atoms with Crippen LogP contribution in [0.5, 0.6) is 0 Å². The van der Waals surface area contributed by atoms with Crippen molar-refractivity contribution in [2.24, 2.45) is 0 Å². The van der Waals surface area contributed by atoms with E-state index in [1.54, 1.807) is 12.1 Å². The fraction of sp³-hybridized carbons (Fsp3) is 0.667. The second-order valence-corrected chi connectivity index (χ2v) is 7.78. The van der Waals surface area contributed by atoms with Crippen molar-refractivity contribution in [2.75, 3.05) is 6.61 Å². The van der Waals surface area contributed by atoms with Crippen LogP contribution in [0, 0.1) is 0 Å². The monoisotopic (exact) mass is 424 g/mol. The van der Waals surface area contributed by atoms with Crippen molar-refractivity contribution >= 4 is 23.8 Å². The quantitative estimate of drug-likeness (QED) is 0.204. The fourth-order valence-electron chi connectivity index (χ4n) is 3.48. The number of carbonyl (C=O) groups excluding carboxylic acids is 2. The smallest absolute Gasteiger partial charge is 0.357 e. The Morgan fingerprint density at radius 2 is 1.38 bits per heavy atom. The minimum atomic E-state index is -0.719. The zero-order chi connectivity index (χ0) is 21.3. The molecular formula is C24H37ClO4. The number of aryl methyl sites for hydroxylation is 1. The molecule has 0 fully saturated rings. The molecule has 0 heterocycles. The van der Waals surface area contributed by atoms with Gasteiger partial charge in [0.15, 0.2) is 0 Å². The Morgan fingerprint density at radius 3 is 2.00 bits per heavy atom. The van der Waals surface area contributed by atoms with Gasteiger partial charge in [-0.2, -0.15) is 0 Å². The van der Waals surface area contributed by atoms with Crippen LogP contribution in [0.25, 0.3) is 0 Å². The van der Waals surface area contributed by atoms with Gasteiger partial charge in [-0.1, -0.05) is 90.2 Å². The Hall–Kier alpha value is -1.55. The molecule has 0 amide bonds. The van der Waals surface area contributed by atoms with Crippen LogP contribution in [-0.4, -0.2) is 18.5 Å². The molecule has 1 aromatic carbocycles. The van der Waals surface area contributed by atoms with E-state index in [9.17, 15) is 9.59 Å². The molecule has 0 aliphatic heterocycles. The molecule has 4 nitrogen and oxygen atoms in total. The lowest BCUT2D eigenvalue weighted by Gasteiger charge is -2.13. The molecule has 0 bridgehead atoms. The van der Waals surface area contributed by atoms with E-state index < -0.39 is 11.9 Å². The van der Waals surface area contributed by atoms with Crippen LogP contribution in [0.2, 0.25) is 0 Å². The van der Waals surface area contributed by atoms with E-state index in [1.807, 2.05) is 6.07 Å². The van der Waals surface area contributed by atoms with Gasteiger partial charge in [0.1, 0.15) is 11.9 Å². The third-order valence-electron chi connectivity index (χ3n) is 5.18. The minimum absolute atomic E-state index is 0.177. The van der Waals surface area contributed by atoms with Gasteiger partial charge in [-0.15, -0.1) is 0 Å². The van der Waals surface area contributed by atoms with Gasteiger partial charge in [0.05, 0.1) is 17.7 Å². The normalized spacial score (nSPS) is 10.7. The molecule has 0 aromatic heterocycles. The Morgan fingerprint density at radius 1 is 0.793 bits per heavy atom. The van der Waals surface area contributed by atoms with Gasteiger partial charge in [0, 0.05) is 0 Å². The maximum Gasteiger partial charge on any atom is 0.357 e. The molecule has 5 heteroatoms. The average molecular weight is 425 g/mol. The second kappa shape index (κ2) is 16.3. The molecule has 164 valence electrons. The first-order valence-corrected chi connectivity index (χ1v) is 11.6. The molecule has 0 atom stereocenters. The van der Waals surface area contributed by atoms with E-state index in [1.165, 1.54) is 44.9 Å². The molecule has 0 spiro atoms. The molecular weight excluding hydrogens is 388 g/mol. The number of hydrogen-bond donors (Lipinski definition) is 0. The number of benzene rings is 1. The van der Waals surface area contributed by atoms with E-state index in [2.05, 4.69) is 18.1 Å². The van der Waals surface area contributed by atoms with Crippen molar-refractivity contribution in [3.05, 3.63) is 34.9 Å². The van der Waals surface area contributed by atoms with Crippen LogP contribution in [0.3, 0.4) is 0 Å². The van der Waals surface area contributed by atoms with Gasteiger partial charge < -0.3 is 9.03 Å².